The van der Waals surface area contributed by atoms with Crippen molar-refractivity contribution in [2.24, 2.45) is 0 Å². The number of hydrogen-bond donors (Lipinski definition) is 0. The quantitative estimate of drug-likeness (QED) is 0.172. The Labute approximate surface area is 253 Å². The molecular weight excluding hydrogens is 551 g/mol. The van der Waals surface area contributed by atoms with Crippen LogP contribution in [-0.4, -0.2) is 57.3 Å². The average Bonchev–Trinajstić information content (AvgIpc) is 3.24. The molecule has 0 unspecified atom stereocenters. The second-order valence-electron chi connectivity index (χ2n) is 10.8. The van der Waals surface area contributed by atoms with Gasteiger partial charge in [0.2, 0.25) is 0 Å². The molecule has 2 aliphatic heterocycles. The average molecular weight is 592 g/mol. The Kier molecular flexibility index (Phi) is 11.2. The molecule has 7 nitrogen and oxygen atoms in total. The van der Waals surface area contributed by atoms with E-state index in [0.717, 1.165) is 82.6 Å². The van der Waals surface area contributed by atoms with Gasteiger partial charge in [-0.25, -0.2) is 0 Å². The van der Waals surface area contributed by atoms with Gasteiger partial charge in [0.1, 0.15) is 21.8 Å². The number of carbonyl (C=O) groups excluding carboxylic acids is 1. The van der Waals surface area contributed by atoms with Crippen molar-refractivity contribution < 1.29 is 4.79 Å². The molecule has 0 aliphatic carbocycles. The lowest BCUT2D eigenvalue weighted by Gasteiger charge is -2.38. The first-order valence-corrected chi connectivity index (χ1v) is 16.1. The summed E-state index contributed by atoms with van der Waals surface area (Å²) in [6.45, 7) is 11.4. The molecule has 0 saturated carbocycles. The summed E-state index contributed by atoms with van der Waals surface area (Å²) in [5.74, 6) is 0.729. The number of aromatic nitrogens is 1. The van der Waals surface area contributed by atoms with Crippen LogP contribution in [0.2, 0.25) is 0 Å². The molecule has 0 N–H and O–H groups in total. The van der Waals surface area contributed by atoms with E-state index in [0.29, 0.717) is 27.9 Å². The summed E-state index contributed by atoms with van der Waals surface area (Å²) in [7, 11) is 0. The first-order valence-electron chi connectivity index (χ1n) is 14.8. The molecule has 41 heavy (non-hydrogen) atoms. The number of nitriles is 1. The lowest BCUT2D eigenvalue weighted by Crippen LogP contribution is -2.48. The smallest absolute Gasteiger partial charge is 0.270 e. The van der Waals surface area contributed by atoms with Crippen LogP contribution in [0, 0.1) is 18.3 Å². The van der Waals surface area contributed by atoms with E-state index < -0.39 is 0 Å². The fourth-order valence-corrected chi connectivity index (χ4v) is 6.78. The van der Waals surface area contributed by atoms with E-state index >= 15 is 0 Å². The van der Waals surface area contributed by atoms with Crippen LogP contribution in [0.4, 0.5) is 5.82 Å². The molecule has 2 fully saturated rings. The van der Waals surface area contributed by atoms with Gasteiger partial charge in [-0.3, -0.25) is 24.0 Å². The Morgan fingerprint density at radius 1 is 0.976 bits per heavy atom. The molecular formula is C32H41N5O2S2. The molecule has 218 valence electrons. The van der Waals surface area contributed by atoms with Gasteiger partial charge in [0.15, 0.2) is 0 Å². The number of benzene rings is 1. The molecule has 0 atom stereocenters. The predicted octanol–water partition coefficient (Wildman–Crippen LogP) is 5.93. The van der Waals surface area contributed by atoms with Crippen molar-refractivity contribution in [3.05, 3.63) is 67.8 Å². The molecule has 2 aliphatic rings. The highest BCUT2D eigenvalue weighted by molar-refractivity contribution is 8.26. The maximum absolute atomic E-state index is 13.6. The number of pyridine rings is 1. The molecule has 0 bridgehead atoms. The third-order valence-corrected chi connectivity index (χ3v) is 9.26. The normalized spacial score (nSPS) is 17.1. The molecule has 4 rings (SSSR count). The van der Waals surface area contributed by atoms with Crippen LogP contribution < -0.4 is 10.5 Å². The van der Waals surface area contributed by atoms with Crippen molar-refractivity contribution in [3.8, 4) is 6.07 Å². The lowest BCUT2D eigenvalue weighted by atomic mass is 10.0. The topological polar surface area (TPSA) is 72.6 Å². The zero-order valence-corrected chi connectivity index (χ0v) is 26.2. The number of amides is 1. The van der Waals surface area contributed by atoms with Crippen molar-refractivity contribution in [2.45, 2.75) is 72.4 Å². The summed E-state index contributed by atoms with van der Waals surface area (Å²) in [6.07, 6.45) is 7.91. The Bertz CT molecular complexity index is 1370. The van der Waals surface area contributed by atoms with E-state index in [4.69, 9.17) is 12.2 Å². The highest BCUT2D eigenvalue weighted by atomic mass is 32.2. The maximum Gasteiger partial charge on any atom is 0.270 e. The van der Waals surface area contributed by atoms with Gasteiger partial charge in [0, 0.05) is 51.4 Å². The van der Waals surface area contributed by atoms with E-state index in [1.54, 1.807) is 9.47 Å². The zero-order chi connectivity index (χ0) is 29.4. The van der Waals surface area contributed by atoms with Crippen molar-refractivity contribution in [2.75, 3.05) is 37.6 Å². The number of anilines is 1. The lowest BCUT2D eigenvalue weighted by molar-refractivity contribution is -0.122. The highest BCUT2D eigenvalue weighted by Gasteiger charge is 2.33. The summed E-state index contributed by atoms with van der Waals surface area (Å²) in [5, 5.41) is 9.98. The number of nitrogens with zero attached hydrogens (tertiary/aromatic N) is 5. The largest absolute Gasteiger partial charge is 0.355 e. The third kappa shape index (κ3) is 7.29. The van der Waals surface area contributed by atoms with Crippen LogP contribution in [-0.2, 0) is 17.9 Å². The summed E-state index contributed by atoms with van der Waals surface area (Å²) >= 11 is 6.92. The number of hydrogen-bond acceptors (Lipinski definition) is 7. The van der Waals surface area contributed by atoms with Crippen LogP contribution in [0.25, 0.3) is 6.08 Å². The van der Waals surface area contributed by atoms with E-state index in [1.165, 1.54) is 17.3 Å². The molecule has 0 spiro atoms. The van der Waals surface area contributed by atoms with Gasteiger partial charge in [-0.2, -0.15) is 5.26 Å². The standard InChI is InChI=1S/C32H41N5O2S2/c1-4-6-8-12-16-37-31(39)28(41-32(37)40)21-26-24(3)27(22-33)30(38)36(15-7-5-2)29(26)35-19-17-34(18-20-35)23-25-13-10-9-11-14-25/h9-11,13-14,21H,4-8,12,15-20,23H2,1-3H3/b28-21+. The van der Waals surface area contributed by atoms with Gasteiger partial charge < -0.3 is 4.90 Å². The van der Waals surface area contributed by atoms with Crippen molar-refractivity contribution in [1.82, 2.24) is 14.4 Å². The molecule has 3 heterocycles. The number of thioether (sulfide) groups is 1. The Balaban J connectivity index is 1.69. The van der Waals surface area contributed by atoms with Crippen LogP contribution >= 0.6 is 24.0 Å². The minimum absolute atomic E-state index is 0.0839. The molecule has 2 saturated heterocycles. The summed E-state index contributed by atoms with van der Waals surface area (Å²) < 4.78 is 2.35. The second-order valence-corrected chi connectivity index (χ2v) is 12.5. The number of carbonyl (C=O) groups is 1. The molecule has 2 aromatic rings. The van der Waals surface area contributed by atoms with Crippen LogP contribution in [0.15, 0.2) is 40.0 Å². The molecule has 1 aromatic heterocycles. The van der Waals surface area contributed by atoms with Crippen LogP contribution in [0.1, 0.15) is 74.6 Å². The fraction of sp³-hybridized carbons (Fsp3) is 0.500. The minimum atomic E-state index is -0.249. The van der Waals surface area contributed by atoms with Crippen molar-refractivity contribution in [1.29, 1.82) is 5.26 Å². The van der Waals surface area contributed by atoms with Crippen molar-refractivity contribution >= 4 is 46.1 Å². The van der Waals surface area contributed by atoms with Gasteiger partial charge in [0.05, 0.1) is 4.91 Å². The number of piperazine rings is 1. The zero-order valence-electron chi connectivity index (χ0n) is 24.5. The van der Waals surface area contributed by atoms with E-state index in [2.05, 4.69) is 54.0 Å². The first-order chi connectivity index (χ1) is 19.9. The molecule has 0 radical (unpaired) electrons. The van der Waals surface area contributed by atoms with Gasteiger partial charge in [-0.15, -0.1) is 0 Å². The molecule has 1 aromatic carbocycles. The Morgan fingerprint density at radius 2 is 1.68 bits per heavy atom. The first kappa shape index (κ1) is 31.0. The van der Waals surface area contributed by atoms with E-state index in [-0.39, 0.29) is 17.0 Å². The molecule has 1 amide bonds. The summed E-state index contributed by atoms with van der Waals surface area (Å²) in [4.78, 5) is 34.0. The Morgan fingerprint density at radius 3 is 2.34 bits per heavy atom. The minimum Gasteiger partial charge on any atom is -0.355 e. The molecule has 9 heteroatoms. The third-order valence-electron chi connectivity index (χ3n) is 7.89. The van der Waals surface area contributed by atoms with Gasteiger partial charge in [0.25, 0.3) is 11.5 Å². The number of thiocarbonyl (C=S) groups is 1. The monoisotopic (exact) mass is 591 g/mol. The van der Waals surface area contributed by atoms with E-state index in [9.17, 15) is 14.9 Å². The van der Waals surface area contributed by atoms with Gasteiger partial charge in [-0.1, -0.05) is 93.8 Å². The fourth-order valence-electron chi connectivity index (χ4n) is 5.49. The highest BCUT2D eigenvalue weighted by Crippen LogP contribution is 2.36. The number of rotatable bonds is 12. The van der Waals surface area contributed by atoms with Gasteiger partial charge >= 0.3 is 0 Å². The van der Waals surface area contributed by atoms with E-state index in [1.807, 2.05) is 19.1 Å². The Hall–Kier alpha value is -2.93. The van der Waals surface area contributed by atoms with Crippen LogP contribution in [0.3, 0.4) is 0 Å². The maximum atomic E-state index is 13.6. The summed E-state index contributed by atoms with van der Waals surface area (Å²) in [6, 6.07) is 12.6. The summed E-state index contributed by atoms with van der Waals surface area (Å²) in [5.41, 5.74) is 2.59. The van der Waals surface area contributed by atoms with Gasteiger partial charge in [-0.05, 0) is 37.0 Å². The van der Waals surface area contributed by atoms with Crippen LogP contribution in [0.5, 0.6) is 0 Å². The second kappa shape index (κ2) is 14.8. The predicted molar refractivity (Wildman–Crippen MR) is 173 cm³/mol. The van der Waals surface area contributed by atoms with Crippen molar-refractivity contribution in [3.63, 3.8) is 0 Å². The number of unbranched alkanes of at least 4 members (excludes halogenated alkanes) is 4. The SMILES string of the molecule is CCCCCCN1C(=O)/C(=C\c2c(C)c(C#N)c(=O)n(CCCC)c2N2CCN(Cc3ccccc3)CC2)SC1=S.